The van der Waals surface area contributed by atoms with Crippen LogP contribution in [0.4, 0.5) is 0 Å². The predicted molar refractivity (Wildman–Crippen MR) is 219 cm³/mol. The van der Waals surface area contributed by atoms with Gasteiger partial charge in [0.25, 0.3) is 0 Å². The van der Waals surface area contributed by atoms with Gasteiger partial charge in [-0.2, -0.15) is 40.9 Å². The van der Waals surface area contributed by atoms with Gasteiger partial charge in [0, 0.05) is 5.69 Å². The average molecular weight is 865 g/mol. The summed E-state index contributed by atoms with van der Waals surface area (Å²) < 4.78 is 0. The maximum Gasteiger partial charge on any atom is 3.00 e. The van der Waals surface area contributed by atoms with Gasteiger partial charge < -0.3 is 4.98 Å². The van der Waals surface area contributed by atoms with E-state index in [1.807, 2.05) is 6.07 Å². The second-order valence-corrected chi connectivity index (χ2v) is 18.5. The van der Waals surface area contributed by atoms with E-state index in [0.717, 1.165) is 55.4 Å². The first kappa shape index (κ1) is 37.8. The molecule has 5 aromatic carbocycles. The molecule has 0 aliphatic carbocycles. The SMILES string of the molecule is CC(C)(C)c1cc(-c2[c-]c(-c3cc(C(C)(C)C)cc4c3[n-]c3ccc(C(C)(C)C)cc34)cc(C(C)(C)C)c2)[c-]c(-c2ccc3ccccc3n2)c1.[Au+3]. The van der Waals surface area contributed by atoms with Crippen molar-refractivity contribution in [2.75, 3.05) is 0 Å². The number of pyridine rings is 1. The summed E-state index contributed by atoms with van der Waals surface area (Å²) >= 11 is 0. The molecule has 0 aliphatic rings. The standard InChI is InChI=1S/C49H51N2.Au/c1-46(2,3)35-18-20-44-40(27-35)41-29-38(49(10,11)12)28-39(45(41)51-44)33-21-31(23-36(25-33)47(4,5)6)32-22-34(26-37(24-32)48(7,8)9)43-19-17-30-15-13-14-16-42(30)50-43;/h13-20,23-29H,1-12H3;/q-3;+3. The summed E-state index contributed by atoms with van der Waals surface area (Å²) in [5.74, 6) is 0. The van der Waals surface area contributed by atoms with E-state index in [0.29, 0.717) is 0 Å². The summed E-state index contributed by atoms with van der Waals surface area (Å²) in [6.45, 7) is 27.4. The smallest absolute Gasteiger partial charge is 0.663 e. The molecule has 52 heavy (non-hydrogen) atoms. The average Bonchev–Trinajstić information content (AvgIpc) is 3.44. The second kappa shape index (κ2) is 13.2. The van der Waals surface area contributed by atoms with Crippen LogP contribution >= 0.6 is 0 Å². The fourth-order valence-electron chi connectivity index (χ4n) is 6.83. The molecule has 7 rings (SSSR count). The van der Waals surface area contributed by atoms with Crippen molar-refractivity contribution in [3.63, 3.8) is 0 Å². The Hall–Kier alpha value is -3.95. The Bertz CT molecular complexity index is 2450. The Morgan fingerprint density at radius 1 is 0.481 bits per heavy atom. The van der Waals surface area contributed by atoms with Crippen LogP contribution in [-0.2, 0) is 44.0 Å². The maximum absolute atomic E-state index is 5.32. The Balaban J connectivity index is 0.00000464. The largest absolute Gasteiger partial charge is 3.00 e. The van der Waals surface area contributed by atoms with Gasteiger partial charge in [-0.3, -0.25) is 4.98 Å². The van der Waals surface area contributed by atoms with Crippen molar-refractivity contribution in [2.24, 2.45) is 0 Å². The van der Waals surface area contributed by atoms with Crippen molar-refractivity contribution in [1.82, 2.24) is 9.97 Å². The van der Waals surface area contributed by atoms with Gasteiger partial charge in [-0.1, -0.05) is 149 Å². The summed E-state index contributed by atoms with van der Waals surface area (Å²) in [4.78, 5) is 10.4. The summed E-state index contributed by atoms with van der Waals surface area (Å²) in [6.07, 6.45) is 0. The van der Waals surface area contributed by atoms with Gasteiger partial charge in [0.05, 0.1) is 5.52 Å². The molecule has 7 aromatic rings. The van der Waals surface area contributed by atoms with Crippen LogP contribution < -0.4 is 4.98 Å². The molecule has 268 valence electrons. The van der Waals surface area contributed by atoms with Crippen LogP contribution in [0.5, 0.6) is 0 Å². The van der Waals surface area contributed by atoms with E-state index in [9.17, 15) is 0 Å². The van der Waals surface area contributed by atoms with Crippen LogP contribution in [-0.4, -0.2) is 4.98 Å². The van der Waals surface area contributed by atoms with E-state index < -0.39 is 0 Å². The number of hydrogen-bond acceptors (Lipinski definition) is 1. The van der Waals surface area contributed by atoms with Crippen LogP contribution in [0.25, 0.3) is 66.2 Å². The number of para-hydroxylation sites is 1. The van der Waals surface area contributed by atoms with E-state index in [2.05, 4.69) is 180 Å². The fourth-order valence-corrected chi connectivity index (χ4v) is 6.83. The van der Waals surface area contributed by atoms with Gasteiger partial charge in [-0.15, -0.1) is 39.9 Å². The number of hydrogen-bond donors (Lipinski definition) is 0. The molecule has 0 radical (unpaired) electrons. The first-order valence-electron chi connectivity index (χ1n) is 18.3. The molecular weight excluding hydrogens is 814 g/mol. The normalized spacial score (nSPS) is 12.8. The Kier molecular flexibility index (Phi) is 9.57. The van der Waals surface area contributed by atoms with E-state index >= 15 is 0 Å². The van der Waals surface area contributed by atoms with Crippen molar-refractivity contribution in [2.45, 2.75) is 105 Å². The zero-order valence-corrected chi connectivity index (χ0v) is 35.0. The Labute approximate surface area is 327 Å². The number of aromatic nitrogens is 2. The van der Waals surface area contributed by atoms with Crippen molar-refractivity contribution in [1.29, 1.82) is 0 Å². The monoisotopic (exact) mass is 864 g/mol. The van der Waals surface area contributed by atoms with E-state index in [-0.39, 0.29) is 44.0 Å². The van der Waals surface area contributed by atoms with E-state index in [1.54, 1.807) is 0 Å². The quantitative estimate of drug-likeness (QED) is 0.131. The van der Waals surface area contributed by atoms with E-state index in [4.69, 9.17) is 9.97 Å². The third-order valence-electron chi connectivity index (χ3n) is 10.3. The van der Waals surface area contributed by atoms with Gasteiger partial charge in [-0.25, -0.2) is 0 Å². The van der Waals surface area contributed by atoms with Crippen molar-refractivity contribution in [3.05, 3.63) is 125 Å². The van der Waals surface area contributed by atoms with Crippen LogP contribution in [0.2, 0.25) is 0 Å². The number of fused-ring (bicyclic) bond motifs is 4. The summed E-state index contributed by atoms with van der Waals surface area (Å²) in [5.41, 5.74) is 14.2. The minimum absolute atomic E-state index is 0. The van der Waals surface area contributed by atoms with Crippen molar-refractivity contribution < 1.29 is 22.4 Å². The zero-order chi connectivity index (χ0) is 36.7. The van der Waals surface area contributed by atoms with Crippen LogP contribution in [0.3, 0.4) is 0 Å². The molecule has 0 atom stereocenters. The van der Waals surface area contributed by atoms with Crippen molar-refractivity contribution >= 4 is 32.7 Å². The van der Waals surface area contributed by atoms with Gasteiger partial charge >= 0.3 is 22.4 Å². The molecule has 0 spiro atoms. The number of rotatable bonds is 3. The molecule has 0 amide bonds. The molecule has 2 nitrogen and oxygen atoms in total. The number of benzene rings is 5. The summed E-state index contributed by atoms with van der Waals surface area (Å²) in [5, 5.41) is 3.56. The first-order chi connectivity index (χ1) is 23.8. The molecular formula is C49H51AuN2. The van der Waals surface area contributed by atoms with Gasteiger partial charge in [0.2, 0.25) is 0 Å². The topological polar surface area (TPSA) is 27.0 Å². The zero-order valence-electron chi connectivity index (χ0n) is 32.9. The van der Waals surface area contributed by atoms with Crippen molar-refractivity contribution in [3.8, 4) is 33.5 Å². The Morgan fingerprint density at radius 2 is 1.00 bits per heavy atom. The minimum Gasteiger partial charge on any atom is -0.663 e. The van der Waals surface area contributed by atoms with E-state index in [1.165, 1.54) is 33.0 Å². The minimum atomic E-state index is -0.0878. The van der Waals surface area contributed by atoms with Crippen LogP contribution in [0.1, 0.15) is 105 Å². The predicted octanol–water partition coefficient (Wildman–Crippen LogP) is 13.3. The summed E-state index contributed by atoms with van der Waals surface area (Å²) in [7, 11) is 0. The molecule has 3 heteroatoms. The first-order valence-corrected chi connectivity index (χ1v) is 18.3. The molecule has 0 saturated heterocycles. The van der Waals surface area contributed by atoms with Gasteiger partial charge in [-0.05, 0) is 55.0 Å². The molecule has 0 saturated carbocycles. The van der Waals surface area contributed by atoms with Crippen LogP contribution in [0.15, 0.2) is 91.0 Å². The molecule has 2 aromatic heterocycles. The second-order valence-electron chi connectivity index (χ2n) is 18.5. The molecule has 0 bridgehead atoms. The molecule has 2 heterocycles. The third-order valence-corrected chi connectivity index (χ3v) is 10.3. The molecule has 0 fully saturated rings. The van der Waals surface area contributed by atoms with Crippen LogP contribution in [0, 0.1) is 12.1 Å². The summed E-state index contributed by atoms with van der Waals surface area (Å²) in [6, 6.07) is 41.1. The molecule has 0 aliphatic heterocycles. The fraction of sp³-hybridized carbons (Fsp3) is 0.327. The maximum atomic E-state index is 5.32. The third kappa shape index (κ3) is 7.31. The van der Waals surface area contributed by atoms with Gasteiger partial charge in [0.1, 0.15) is 0 Å². The van der Waals surface area contributed by atoms with Gasteiger partial charge in [0.15, 0.2) is 0 Å². The Morgan fingerprint density at radius 3 is 1.62 bits per heavy atom. The molecule has 0 unspecified atom stereocenters. The molecule has 0 N–H and O–H groups in total. The number of nitrogens with zero attached hydrogens (tertiary/aromatic N) is 2.